The van der Waals surface area contributed by atoms with Gasteiger partial charge >= 0.3 is 0 Å². The van der Waals surface area contributed by atoms with Gasteiger partial charge in [0.25, 0.3) is 0 Å². The molecule has 1 saturated carbocycles. The number of aryl methyl sites for hydroxylation is 1. The number of benzene rings is 1. The third kappa shape index (κ3) is 5.47. The van der Waals surface area contributed by atoms with Crippen LogP contribution in [0.1, 0.15) is 56.2 Å². The van der Waals surface area contributed by atoms with E-state index < -0.39 is 0 Å². The van der Waals surface area contributed by atoms with E-state index in [0.717, 1.165) is 28.9 Å². The lowest BCUT2D eigenvalue weighted by Crippen LogP contribution is -2.44. The number of hydrogen-bond donors (Lipinski definition) is 2. The summed E-state index contributed by atoms with van der Waals surface area (Å²) in [5.41, 5.74) is 1.09. The zero-order chi connectivity index (χ0) is 19.8. The summed E-state index contributed by atoms with van der Waals surface area (Å²) in [6.07, 6.45) is 6.28. The lowest BCUT2D eigenvalue weighted by Gasteiger charge is -2.25. The number of guanidine groups is 1. The van der Waals surface area contributed by atoms with Crippen LogP contribution in [0.15, 0.2) is 29.3 Å². The zero-order valence-electron chi connectivity index (χ0n) is 17.2. The Morgan fingerprint density at radius 2 is 2.00 bits per heavy atom. The Morgan fingerprint density at radius 3 is 2.71 bits per heavy atom. The molecule has 1 aromatic carbocycles. The van der Waals surface area contributed by atoms with E-state index in [1.165, 1.54) is 32.1 Å². The molecule has 0 aliphatic heterocycles. The summed E-state index contributed by atoms with van der Waals surface area (Å²) in [7, 11) is 1.98. The third-order valence-electron chi connectivity index (χ3n) is 5.22. The highest BCUT2D eigenvalue weighted by atomic mass is 16.5. The number of hydrogen-bond acceptors (Lipinski definition) is 4. The molecule has 0 saturated heterocycles. The smallest absolute Gasteiger partial charge is 0.192 e. The first-order valence-corrected chi connectivity index (χ1v) is 10.3. The summed E-state index contributed by atoms with van der Waals surface area (Å²) < 4.78 is 7.73. The van der Waals surface area contributed by atoms with Gasteiger partial charge in [-0.1, -0.05) is 37.5 Å². The first-order valence-electron chi connectivity index (χ1n) is 10.3. The van der Waals surface area contributed by atoms with Gasteiger partial charge in [0.2, 0.25) is 0 Å². The molecule has 0 spiro atoms. The fourth-order valence-electron chi connectivity index (χ4n) is 3.46. The molecule has 2 N–H and O–H groups in total. The quantitative estimate of drug-likeness (QED) is 0.567. The van der Waals surface area contributed by atoms with Crippen LogP contribution in [0.25, 0.3) is 0 Å². The molecule has 2 aromatic rings. The van der Waals surface area contributed by atoms with Gasteiger partial charge in [0.05, 0.1) is 19.7 Å². The van der Waals surface area contributed by atoms with E-state index in [1.54, 1.807) is 0 Å². The minimum atomic E-state index is 0.475. The molecular formula is C21H32N6O. The zero-order valence-corrected chi connectivity index (χ0v) is 17.2. The second-order valence-electron chi connectivity index (χ2n) is 7.26. The van der Waals surface area contributed by atoms with Crippen molar-refractivity contribution in [1.82, 2.24) is 25.4 Å². The molecule has 1 heterocycles. The van der Waals surface area contributed by atoms with Gasteiger partial charge in [0, 0.05) is 18.7 Å². The van der Waals surface area contributed by atoms with Crippen molar-refractivity contribution in [3.8, 4) is 5.75 Å². The highest BCUT2D eigenvalue weighted by molar-refractivity contribution is 5.80. The maximum absolute atomic E-state index is 5.74. The Hall–Kier alpha value is -2.57. The minimum absolute atomic E-state index is 0.475. The van der Waals surface area contributed by atoms with Gasteiger partial charge < -0.3 is 19.9 Å². The number of para-hydroxylation sites is 1. The van der Waals surface area contributed by atoms with Crippen LogP contribution in [-0.2, 0) is 20.1 Å². The van der Waals surface area contributed by atoms with Crippen LogP contribution < -0.4 is 15.4 Å². The van der Waals surface area contributed by atoms with Crippen molar-refractivity contribution < 1.29 is 4.74 Å². The summed E-state index contributed by atoms with van der Waals surface area (Å²) >= 11 is 0. The molecule has 152 valence electrons. The Kier molecular flexibility index (Phi) is 7.28. The number of aromatic nitrogens is 3. The summed E-state index contributed by atoms with van der Waals surface area (Å²) in [5, 5.41) is 15.4. The van der Waals surface area contributed by atoms with E-state index >= 15 is 0 Å². The molecule has 7 nitrogen and oxygen atoms in total. The van der Waals surface area contributed by atoms with Crippen molar-refractivity contribution in [2.75, 3.05) is 6.61 Å². The monoisotopic (exact) mass is 384 g/mol. The van der Waals surface area contributed by atoms with Crippen molar-refractivity contribution in [1.29, 1.82) is 0 Å². The van der Waals surface area contributed by atoms with Gasteiger partial charge in [-0.05, 0) is 32.8 Å². The summed E-state index contributed by atoms with van der Waals surface area (Å²) in [5.74, 6) is 3.51. The van der Waals surface area contributed by atoms with Gasteiger partial charge in [-0.2, -0.15) is 0 Å². The molecule has 1 fully saturated rings. The van der Waals surface area contributed by atoms with Crippen LogP contribution in [0.5, 0.6) is 5.75 Å². The largest absolute Gasteiger partial charge is 0.494 e. The molecule has 0 radical (unpaired) electrons. The number of rotatable bonds is 7. The lowest BCUT2D eigenvalue weighted by molar-refractivity contribution is 0.336. The van der Waals surface area contributed by atoms with Crippen molar-refractivity contribution >= 4 is 5.96 Å². The van der Waals surface area contributed by atoms with Gasteiger partial charge in [0.15, 0.2) is 11.8 Å². The van der Waals surface area contributed by atoms with Gasteiger partial charge in [-0.15, -0.1) is 10.2 Å². The van der Waals surface area contributed by atoms with Crippen molar-refractivity contribution in [2.24, 2.45) is 12.0 Å². The third-order valence-corrected chi connectivity index (χ3v) is 5.22. The fourth-order valence-corrected chi connectivity index (χ4v) is 3.46. The van der Waals surface area contributed by atoms with Crippen molar-refractivity contribution in [3.63, 3.8) is 0 Å². The molecule has 0 atom stereocenters. The summed E-state index contributed by atoms with van der Waals surface area (Å²) in [6.45, 7) is 5.76. The van der Waals surface area contributed by atoms with Crippen molar-refractivity contribution in [2.45, 2.75) is 65.1 Å². The topological polar surface area (TPSA) is 76.4 Å². The van der Waals surface area contributed by atoms with E-state index in [0.29, 0.717) is 25.7 Å². The Labute approximate surface area is 167 Å². The number of aliphatic imine (C=N–C) groups is 1. The summed E-state index contributed by atoms with van der Waals surface area (Å²) in [4.78, 5) is 4.84. The van der Waals surface area contributed by atoms with Crippen LogP contribution in [0.2, 0.25) is 0 Å². The number of nitrogens with zero attached hydrogens (tertiary/aromatic N) is 4. The highest BCUT2D eigenvalue weighted by Crippen LogP contribution is 2.19. The second kappa shape index (κ2) is 10.1. The Balaban J connectivity index is 1.71. The molecule has 0 unspecified atom stereocenters. The molecule has 0 amide bonds. The fraction of sp³-hybridized carbons (Fsp3) is 0.571. The molecule has 7 heteroatoms. The molecular weight excluding hydrogens is 352 g/mol. The van der Waals surface area contributed by atoms with E-state index in [9.17, 15) is 0 Å². The molecule has 28 heavy (non-hydrogen) atoms. The summed E-state index contributed by atoms with van der Waals surface area (Å²) in [6, 6.07) is 8.56. The van der Waals surface area contributed by atoms with Gasteiger partial charge in [0.1, 0.15) is 11.6 Å². The van der Waals surface area contributed by atoms with Gasteiger partial charge in [-0.25, -0.2) is 4.99 Å². The van der Waals surface area contributed by atoms with E-state index in [2.05, 4.69) is 26.9 Å². The predicted molar refractivity (Wildman–Crippen MR) is 111 cm³/mol. The Morgan fingerprint density at radius 1 is 1.21 bits per heavy atom. The standard InChI is InChI=1S/C21H32N6O/c1-4-28-19-13-9-8-10-17(19)14-22-21(24-18-11-6-5-7-12-18)23-15-20-26-25-16(2)27(20)3/h8-10,13,18H,4-7,11-12,14-15H2,1-3H3,(H2,22,23,24). The predicted octanol–water partition coefficient (Wildman–Crippen LogP) is 3.09. The van der Waals surface area contributed by atoms with Crippen LogP contribution in [0.3, 0.4) is 0 Å². The first kappa shape index (κ1) is 20.2. The normalized spacial score (nSPS) is 15.5. The average Bonchev–Trinajstić information content (AvgIpc) is 3.04. The number of ether oxygens (including phenoxy) is 1. The molecule has 1 aliphatic carbocycles. The van der Waals surface area contributed by atoms with E-state index in [-0.39, 0.29) is 0 Å². The number of nitrogens with one attached hydrogen (secondary N) is 2. The van der Waals surface area contributed by atoms with Crippen LogP contribution in [-0.4, -0.2) is 33.4 Å². The lowest BCUT2D eigenvalue weighted by atomic mass is 9.96. The van der Waals surface area contributed by atoms with Crippen LogP contribution in [0.4, 0.5) is 0 Å². The molecule has 1 aromatic heterocycles. The van der Waals surface area contributed by atoms with Gasteiger partial charge in [-0.3, -0.25) is 0 Å². The maximum Gasteiger partial charge on any atom is 0.192 e. The molecule has 0 bridgehead atoms. The van der Waals surface area contributed by atoms with Crippen LogP contribution >= 0.6 is 0 Å². The van der Waals surface area contributed by atoms with Crippen molar-refractivity contribution in [3.05, 3.63) is 41.5 Å². The maximum atomic E-state index is 5.74. The first-order chi connectivity index (χ1) is 13.7. The molecule has 3 rings (SSSR count). The SMILES string of the molecule is CCOc1ccccc1CN=C(NCc1nnc(C)n1C)NC1CCCCC1. The minimum Gasteiger partial charge on any atom is -0.494 e. The second-order valence-corrected chi connectivity index (χ2v) is 7.26. The molecule has 1 aliphatic rings. The van der Waals surface area contributed by atoms with E-state index in [1.807, 2.05) is 43.7 Å². The van der Waals surface area contributed by atoms with E-state index in [4.69, 9.17) is 9.73 Å². The highest BCUT2D eigenvalue weighted by Gasteiger charge is 2.15. The van der Waals surface area contributed by atoms with Crippen LogP contribution in [0, 0.1) is 6.92 Å². The Bertz CT molecular complexity index is 779. The average molecular weight is 385 g/mol.